The standard InChI is InChI=1S/C19H24N2O4S/c1-18(2)13-7-8-19(18,16(22)10-13)11-26(24,25)21-14-4-5-15-12(9-14)3-6-17(23)20-15/h4-5,9,13,21H,3,6-8,10-11H2,1-2H3,(H,20,23)/t13-,19+/m0/s1. The minimum absolute atomic E-state index is 0.0253. The Bertz CT molecular complexity index is 906. The highest BCUT2D eigenvalue weighted by molar-refractivity contribution is 7.92. The van der Waals surface area contributed by atoms with E-state index in [4.69, 9.17) is 0 Å². The van der Waals surface area contributed by atoms with Gasteiger partial charge in [0.25, 0.3) is 0 Å². The predicted molar refractivity (Wildman–Crippen MR) is 99.4 cm³/mol. The van der Waals surface area contributed by atoms with Crippen LogP contribution in [0.1, 0.15) is 45.1 Å². The van der Waals surface area contributed by atoms with Crippen LogP contribution >= 0.6 is 0 Å². The Labute approximate surface area is 153 Å². The van der Waals surface area contributed by atoms with Gasteiger partial charge in [-0.1, -0.05) is 13.8 Å². The summed E-state index contributed by atoms with van der Waals surface area (Å²) in [5.74, 6) is 0.202. The Morgan fingerprint density at radius 3 is 2.65 bits per heavy atom. The third kappa shape index (κ3) is 2.55. The first-order valence-electron chi connectivity index (χ1n) is 9.10. The van der Waals surface area contributed by atoms with Crippen LogP contribution in [0.25, 0.3) is 0 Å². The van der Waals surface area contributed by atoms with Crippen molar-refractivity contribution in [2.24, 2.45) is 16.7 Å². The van der Waals surface area contributed by atoms with Crippen LogP contribution in [-0.2, 0) is 26.0 Å². The number of ketones is 1. The molecule has 0 unspecified atom stereocenters. The Hall–Kier alpha value is -1.89. The third-order valence-corrected chi connectivity index (χ3v) is 8.27. The molecule has 1 aromatic rings. The SMILES string of the molecule is CC1(C)[C@H]2CC[C@@]1(CS(=O)(=O)Nc1ccc3c(c1)CCC(=O)N3)C(=O)C2. The second-order valence-electron chi connectivity index (χ2n) is 8.45. The number of amides is 1. The van der Waals surface area contributed by atoms with E-state index < -0.39 is 15.4 Å². The topological polar surface area (TPSA) is 92.3 Å². The number of sulfonamides is 1. The highest BCUT2D eigenvalue weighted by Gasteiger charge is 2.65. The van der Waals surface area contributed by atoms with Crippen molar-refractivity contribution in [3.63, 3.8) is 0 Å². The quantitative estimate of drug-likeness (QED) is 0.845. The normalized spacial score (nSPS) is 29.4. The number of benzene rings is 1. The highest BCUT2D eigenvalue weighted by Crippen LogP contribution is 2.64. The molecule has 1 heterocycles. The minimum atomic E-state index is -3.66. The van der Waals surface area contributed by atoms with Gasteiger partial charge < -0.3 is 5.32 Å². The van der Waals surface area contributed by atoms with Gasteiger partial charge in [0, 0.05) is 24.2 Å². The van der Waals surface area contributed by atoms with Gasteiger partial charge in [0.2, 0.25) is 15.9 Å². The molecule has 2 saturated carbocycles. The minimum Gasteiger partial charge on any atom is -0.326 e. The van der Waals surface area contributed by atoms with Crippen molar-refractivity contribution >= 4 is 33.1 Å². The van der Waals surface area contributed by atoms with Gasteiger partial charge in [0.1, 0.15) is 5.78 Å². The summed E-state index contributed by atoms with van der Waals surface area (Å²) in [5.41, 5.74) is 1.08. The van der Waals surface area contributed by atoms with Crippen LogP contribution in [0.2, 0.25) is 0 Å². The number of hydrogen-bond acceptors (Lipinski definition) is 4. The van der Waals surface area contributed by atoms with E-state index in [-0.39, 0.29) is 28.8 Å². The van der Waals surface area contributed by atoms with Gasteiger partial charge in [0.15, 0.2) is 0 Å². The van der Waals surface area contributed by atoms with E-state index in [9.17, 15) is 18.0 Å². The van der Waals surface area contributed by atoms with Gasteiger partial charge >= 0.3 is 0 Å². The van der Waals surface area contributed by atoms with Gasteiger partial charge in [-0.3, -0.25) is 14.3 Å². The lowest BCUT2D eigenvalue weighted by molar-refractivity contribution is -0.128. The molecule has 4 rings (SSSR count). The fourth-order valence-electron chi connectivity index (χ4n) is 5.10. The number of fused-ring (bicyclic) bond motifs is 3. The first-order valence-corrected chi connectivity index (χ1v) is 10.7. The van der Waals surface area contributed by atoms with Crippen molar-refractivity contribution in [3.8, 4) is 0 Å². The second-order valence-corrected chi connectivity index (χ2v) is 10.2. The lowest BCUT2D eigenvalue weighted by Crippen LogP contribution is -2.43. The summed E-state index contributed by atoms with van der Waals surface area (Å²) in [6.07, 6.45) is 3.07. The number of anilines is 2. The van der Waals surface area contributed by atoms with Crippen molar-refractivity contribution in [1.82, 2.24) is 0 Å². The zero-order valence-corrected chi connectivity index (χ0v) is 15.9. The summed E-state index contributed by atoms with van der Waals surface area (Å²) >= 11 is 0. The Morgan fingerprint density at radius 2 is 2.00 bits per heavy atom. The summed E-state index contributed by atoms with van der Waals surface area (Å²) in [5, 5.41) is 2.79. The fraction of sp³-hybridized carbons (Fsp3) is 0.579. The van der Waals surface area contributed by atoms with Crippen molar-refractivity contribution in [1.29, 1.82) is 0 Å². The van der Waals surface area contributed by atoms with Crippen LogP contribution in [0.5, 0.6) is 0 Å². The van der Waals surface area contributed by atoms with E-state index in [1.165, 1.54) is 0 Å². The molecule has 1 aliphatic heterocycles. The first-order chi connectivity index (χ1) is 12.1. The summed E-state index contributed by atoms with van der Waals surface area (Å²) in [7, 11) is -3.66. The van der Waals surface area contributed by atoms with Crippen LogP contribution < -0.4 is 10.0 Å². The third-order valence-electron chi connectivity index (χ3n) is 6.85. The van der Waals surface area contributed by atoms with E-state index in [0.29, 0.717) is 31.4 Å². The average Bonchev–Trinajstić information content (AvgIpc) is 2.88. The van der Waals surface area contributed by atoms with Crippen LogP contribution in [0.4, 0.5) is 11.4 Å². The van der Waals surface area contributed by atoms with Crippen LogP contribution in [0.3, 0.4) is 0 Å². The summed E-state index contributed by atoms with van der Waals surface area (Å²) in [6, 6.07) is 5.14. The number of hydrogen-bond donors (Lipinski definition) is 2. The van der Waals surface area contributed by atoms with Crippen LogP contribution in [0.15, 0.2) is 18.2 Å². The molecule has 0 aromatic heterocycles. The van der Waals surface area contributed by atoms with E-state index in [0.717, 1.165) is 17.7 Å². The molecular weight excluding hydrogens is 352 g/mol. The van der Waals surface area contributed by atoms with Gasteiger partial charge in [-0.15, -0.1) is 0 Å². The Kier molecular flexibility index (Phi) is 3.74. The van der Waals surface area contributed by atoms with Crippen molar-refractivity contribution in [2.45, 2.75) is 46.0 Å². The monoisotopic (exact) mass is 376 g/mol. The predicted octanol–water partition coefficient (Wildman–Crippen LogP) is 2.71. The second kappa shape index (κ2) is 5.55. The molecule has 6 nitrogen and oxygen atoms in total. The molecule has 26 heavy (non-hydrogen) atoms. The molecule has 1 aromatic carbocycles. The van der Waals surface area contributed by atoms with Crippen LogP contribution in [0, 0.1) is 16.7 Å². The fourth-order valence-corrected chi connectivity index (χ4v) is 6.98. The molecule has 2 fully saturated rings. The van der Waals surface area contributed by atoms with E-state index in [1.807, 2.05) is 13.8 Å². The van der Waals surface area contributed by atoms with E-state index >= 15 is 0 Å². The van der Waals surface area contributed by atoms with Gasteiger partial charge in [-0.2, -0.15) is 0 Å². The molecular formula is C19H24N2O4S. The molecule has 2 N–H and O–H groups in total. The molecule has 3 aliphatic rings. The number of carbonyl (C=O) groups is 2. The Balaban J connectivity index is 1.57. The smallest absolute Gasteiger partial charge is 0.233 e. The molecule has 2 atom stereocenters. The zero-order chi connectivity index (χ0) is 18.7. The highest BCUT2D eigenvalue weighted by atomic mass is 32.2. The van der Waals surface area contributed by atoms with Crippen LogP contribution in [-0.4, -0.2) is 25.9 Å². The maximum Gasteiger partial charge on any atom is 0.233 e. The summed E-state index contributed by atoms with van der Waals surface area (Å²) in [6.45, 7) is 4.07. The zero-order valence-electron chi connectivity index (χ0n) is 15.1. The number of rotatable bonds is 4. The Morgan fingerprint density at radius 1 is 1.23 bits per heavy atom. The molecule has 0 radical (unpaired) electrons. The maximum atomic E-state index is 12.9. The maximum absolute atomic E-state index is 12.9. The van der Waals surface area contributed by atoms with Gasteiger partial charge in [-0.25, -0.2) is 8.42 Å². The molecule has 2 aliphatic carbocycles. The molecule has 7 heteroatoms. The van der Waals surface area contributed by atoms with E-state index in [2.05, 4.69) is 10.0 Å². The van der Waals surface area contributed by atoms with E-state index in [1.54, 1.807) is 18.2 Å². The van der Waals surface area contributed by atoms with Gasteiger partial charge in [0.05, 0.1) is 11.2 Å². The summed E-state index contributed by atoms with van der Waals surface area (Å²) < 4.78 is 28.4. The van der Waals surface area contributed by atoms with Crippen molar-refractivity contribution in [3.05, 3.63) is 23.8 Å². The van der Waals surface area contributed by atoms with Crippen molar-refractivity contribution in [2.75, 3.05) is 15.8 Å². The molecule has 0 saturated heterocycles. The number of carbonyl (C=O) groups excluding carboxylic acids is 2. The number of aryl methyl sites for hydroxylation is 1. The number of Topliss-reactive ketones (excluding diaryl/α,β-unsaturated/α-hetero) is 1. The van der Waals surface area contributed by atoms with Gasteiger partial charge in [-0.05, 0) is 54.4 Å². The lowest BCUT2D eigenvalue weighted by atomic mass is 9.70. The van der Waals surface area contributed by atoms with Crippen molar-refractivity contribution < 1.29 is 18.0 Å². The average molecular weight is 376 g/mol. The first kappa shape index (κ1) is 17.5. The molecule has 2 bridgehead atoms. The molecule has 1 amide bonds. The molecule has 0 spiro atoms. The summed E-state index contributed by atoms with van der Waals surface area (Å²) in [4.78, 5) is 24.0. The largest absolute Gasteiger partial charge is 0.326 e. The molecule has 140 valence electrons. The lowest BCUT2D eigenvalue weighted by Gasteiger charge is -2.36. The number of nitrogens with one attached hydrogen (secondary N) is 2.